The van der Waals surface area contributed by atoms with Crippen LogP contribution in [0.2, 0.25) is 0 Å². The number of benzene rings is 2. The highest BCUT2D eigenvalue weighted by molar-refractivity contribution is 7.86. The number of phenols is 1. The van der Waals surface area contributed by atoms with E-state index < -0.39 is 10.1 Å². The second-order valence-corrected chi connectivity index (χ2v) is 7.71. The smallest absolute Gasteiger partial charge is 0.295 e. The highest BCUT2D eigenvalue weighted by Crippen LogP contribution is 2.37. The molecule has 0 heterocycles. The minimum Gasteiger partial charge on any atom is -0.508 e. The van der Waals surface area contributed by atoms with Crippen LogP contribution >= 0.6 is 0 Å². The first kappa shape index (κ1) is 18.8. The van der Waals surface area contributed by atoms with Gasteiger partial charge in [0.15, 0.2) is 5.78 Å². The van der Waals surface area contributed by atoms with Crippen LogP contribution in [0.15, 0.2) is 76.7 Å². The number of aromatic hydroxyl groups is 1. The van der Waals surface area contributed by atoms with Gasteiger partial charge in [-0.2, -0.15) is 8.42 Å². The Hall–Kier alpha value is -2.96. The van der Waals surface area contributed by atoms with Crippen LogP contribution in [0.4, 0.5) is 0 Å². The van der Waals surface area contributed by atoms with Gasteiger partial charge in [-0.25, -0.2) is 0 Å². The first-order valence-electron chi connectivity index (χ1n) is 8.20. The van der Waals surface area contributed by atoms with Crippen molar-refractivity contribution in [2.24, 2.45) is 0 Å². The van der Waals surface area contributed by atoms with E-state index in [1.54, 1.807) is 44.2 Å². The van der Waals surface area contributed by atoms with Gasteiger partial charge in [0.1, 0.15) is 10.6 Å². The predicted molar refractivity (Wildman–Crippen MR) is 103 cm³/mol. The van der Waals surface area contributed by atoms with Gasteiger partial charge >= 0.3 is 0 Å². The van der Waals surface area contributed by atoms with Crippen LogP contribution in [0.3, 0.4) is 0 Å². The van der Waals surface area contributed by atoms with Crippen LogP contribution in [0.1, 0.15) is 23.6 Å². The molecule has 2 aromatic rings. The molecule has 0 radical (unpaired) electrons. The molecule has 0 fully saturated rings. The van der Waals surface area contributed by atoms with Crippen LogP contribution in [0, 0.1) is 6.92 Å². The summed E-state index contributed by atoms with van der Waals surface area (Å²) in [6.07, 6.45) is 4.51. The lowest BCUT2D eigenvalue weighted by Gasteiger charge is -2.19. The molecule has 0 bridgehead atoms. The normalized spacial score (nSPS) is 16.3. The summed E-state index contributed by atoms with van der Waals surface area (Å²) >= 11 is 0. The number of hydrogen-bond acceptors (Lipinski definition) is 4. The topological polar surface area (TPSA) is 91.7 Å². The number of carbonyl (C=O) groups excluding carboxylic acids is 1. The molecule has 27 heavy (non-hydrogen) atoms. The molecule has 2 N–H and O–H groups in total. The second kappa shape index (κ2) is 6.98. The average molecular weight is 382 g/mol. The fourth-order valence-electron chi connectivity index (χ4n) is 3.08. The van der Waals surface area contributed by atoms with E-state index >= 15 is 0 Å². The van der Waals surface area contributed by atoms with E-state index in [1.165, 1.54) is 30.4 Å². The highest BCUT2D eigenvalue weighted by atomic mass is 32.2. The predicted octanol–water partition coefficient (Wildman–Crippen LogP) is 3.83. The number of carbonyl (C=O) groups is 1. The third-order valence-corrected chi connectivity index (χ3v) is 5.30. The quantitative estimate of drug-likeness (QED) is 0.787. The van der Waals surface area contributed by atoms with Gasteiger partial charge in [0, 0.05) is 5.56 Å². The minimum atomic E-state index is -4.47. The molecule has 6 heteroatoms. The maximum atomic E-state index is 11.9. The summed E-state index contributed by atoms with van der Waals surface area (Å²) in [5.41, 5.74) is 3.47. The van der Waals surface area contributed by atoms with Crippen molar-refractivity contribution in [1.82, 2.24) is 0 Å². The number of phenolic OH excluding ortho intramolecular Hbond substituents is 1. The Labute approximate surface area is 157 Å². The first-order valence-corrected chi connectivity index (χ1v) is 9.64. The molecule has 1 aliphatic rings. The minimum absolute atomic E-state index is 0.118. The monoisotopic (exact) mass is 382 g/mol. The van der Waals surface area contributed by atoms with Crippen molar-refractivity contribution in [3.63, 3.8) is 0 Å². The second-order valence-electron chi connectivity index (χ2n) is 6.32. The molecule has 0 saturated carbocycles. The van der Waals surface area contributed by atoms with E-state index in [0.29, 0.717) is 33.4 Å². The van der Waals surface area contributed by atoms with Crippen LogP contribution in [-0.2, 0) is 14.9 Å². The lowest BCUT2D eigenvalue weighted by atomic mass is 9.87. The maximum Gasteiger partial charge on any atom is 0.295 e. The van der Waals surface area contributed by atoms with E-state index in [1.807, 2.05) is 0 Å². The Bertz CT molecular complexity index is 1130. The number of rotatable bonds is 3. The van der Waals surface area contributed by atoms with Crippen LogP contribution in [0.5, 0.6) is 5.75 Å². The van der Waals surface area contributed by atoms with Crippen molar-refractivity contribution in [3.8, 4) is 5.75 Å². The van der Waals surface area contributed by atoms with Crippen LogP contribution in [0.25, 0.3) is 5.57 Å². The summed E-state index contributed by atoms with van der Waals surface area (Å²) in [5, 5.41) is 9.85. The van der Waals surface area contributed by atoms with Crippen LogP contribution < -0.4 is 0 Å². The molecule has 5 nitrogen and oxygen atoms in total. The Morgan fingerprint density at radius 1 is 1.00 bits per heavy atom. The standard InChI is InChI=1S/C21H18O5S/c1-13-12-16(22)8-9-17(13)21(15-7-10-19(23)14(2)11-15)18-5-3-4-6-20(18)27(24,25)26/h3-12,23H,1-2H3,(H,24,25,26)/b21-17+. The first-order chi connectivity index (χ1) is 12.7. The Morgan fingerprint density at radius 3 is 2.33 bits per heavy atom. The zero-order valence-corrected chi connectivity index (χ0v) is 15.6. The van der Waals surface area contributed by atoms with E-state index in [4.69, 9.17) is 0 Å². The number of aryl methyl sites for hydroxylation is 1. The van der Waals surface area contributed by atoms with E-state index in [9.17, 15) is 22.9 Å². The average Bonchev–Trinajstić information content (AvgIpc) is 2.59. The van der Waals surface area contributed by atoms with Crippen molar-refractivity contribution < 1.29 is 22.9 Å². The fourth-order valence-corrected chi connectivity index (χ4v) is 3.78. The summed E-state index contributed by atoms with van der Waals surface area (Å²) in [6.45, 7) is 3.50. The van der Waals surface area contributed by atoms with Crippen molar-refractivity contribution in [2.75, 3.05) is 0 Å². The van der Waals surface area contributed by atoms with Crippen molar-refractivity contribution >= 4 is 21.5 Å². The van der Waals surface area contributed by atoms with E-state index in [2.05, 4.69) is 0 Å². The van der Waals surface area contributed by atoms with Gasteiger partial charge < -0.3 is 5.11 Å². The molecular formula is C21H18O5S. The molecule has 0 atom stereocenters. The van der Waals surface area contributed by atoms with Crippen LogP contribution in [-0.4, -0.2) is 23.9 Å². The summed E-state index contributed by atoms with van der Waals surface area (Å²) in [6, 6.07) is 11.1. The van der Waals surface area contributed by atoms with Gasteiger partial charge in [-0.1, -0.05) is 30.3 Å². The number of allylic oxidation sites excluding steroid dienone is 5. The van der Waals surface area contributed by atoms with Gasteiger partial charge in [-0.15, -0.1) is 0 Å². The molecule has 0 amide bonds. The molecule has 0 aliphatic heterocycles. The van der Waals surface area contributed by atoms with E-state index in [-0.39, 0.29) is 16.4 Å². The number of hydrogen-bond donors (Lipinski definition) is 2. The summed E-state index contributed by atoms with van der Waals surface area (Å²) in [5.74, 6) is -0.0339. The van der Waals surface area contributed by atoms with Crippen molar-refractivity contribution in [2.45, 2.75) is 18.7 Å². The number of ketones is 1. The van der Waals surface area contributed by atoms with Gasteiger partial charge in [-0.05, 0) is 72.0 Å². The lowest BCUT2D eigenvalue weighted by molar-refractivity contribution is -0.110. The van der Waals surface area contributed by atoms with Crippen molar-refractivity contribution in [3.05, 3.63) is 88.5 Å². The van der Waals surface area contributed by atoms with E-state index in [0.717, 1.165) is 0 Å². The SMILES string of the molecule is CC1=CC(=O)C=C/C1=C(/c1ccc(O)c(C)c1)c1ccccc1S(=O)(=O)O. The molecule has 0 aromatic heterocycles. The molecule has 138 valence electrons. The zero-order chi connectivity index (χ0) is 19.8. The summed E-state index contributed by atoms with van der Waals surface area (Å²) in [4.78, 5) is 11.5. The van der Waals surface area contributed by atoms with Gasteiger partial charge in [0.25, 0.3) is 10.1 Å². The molecule has 0 unspecified atom stereocenters. The lowest BCUT2D eigenvalue weighted by Crippen LogP contribution is -2.07. The zero-order valence-electron chi connectivity index (χ0n) is 14.8. The maximum absolute atomic E-state index is 11.9. The molecule has 0 spiro atoms. The third-order valence-electron chi connectivity index (χ3n) is 4.39. The molecule has 1 aliphatic carbocycles. The Morgan fingerprint density at radius 2 is 1.70 bits per heavy atom. The Kier molecular flexibility index (Phi) is 4.87. The fraction of sp³-hybridized carbons (Fsp3) is 0.0952. The third kappa shape index (κ3) is 3.77. The molecule has 0 saturated heterocycles. The Balaban J connectivity index is 2.41. The largest absolute Gasteiger partial charge is 0.508 e. The molecule has 3 rings (SSSR count). The van der Waals surface area contributed by atoms with Gasteiger partial charge in [0.2, 0.25) is 0 Å². The summed E-state index contributed by atoms with van der Waals surface area (Å²) < 4.78 is 33.6. The van der Waals surface area contributed by atoms with Crippen molar-refractivity contribution in [1.29, 1.82) is 0 Å². The van der Waals surface area contributed by atoms with Gasteiger partial charge in [-0.3, -0.25) is 9.35 Å². The van der Waals surface area contributed by atoms with Gasteiger partial charge in [0.05, 0.1) is 0 Å². The highest BCUT2D eigenvalue weighted by Gasteiger charge is 2.22. The molecule has 2 aromatic carbocycles. The molecular weight excluding hydrogens is 364 g/mol. The summed E-state index contributed by atoms with van der Waals surface area (Å²) in [7, 11) is -4.47.